The van der Waals surface area contributed by atoms with Gasteiger partial charge in [0.2, 0.25) is 0 Å². The molecule has 25 heavy (non-hydrogen) atoms. The molecule has 3 rings (SSSR count). The Labute approximate surface area is 144 Å². The Hall–Kier alpha value is -3.15. The minimum Gasteiger partial charge on any atom is -0.504 e. The first-order valence-corrected chi connectivity index (χ1v) is 7.61. The number of benzene rings is 2. The second kappa shape index (κ2) is 7.17. The van der Waals surface area contributed by atoms with Gasteiger partial charge in [-0.2, -0.15) is 0 Å². The van der Waals surface area contributed by atoms with Crippen LogP contribution in [0, 0.1) is 5.82 Å². The van der Waals surface area contributed by atoms with Crippen LogP contribution in [0.3, 0.4) is 0 Å². The van der Waals surface area contributed by atoms with Gasteiger partial charge in [-0.1, -0.05) is 6.07 Å². The first kappa shape index (κ1) is 16.7. The summed E-state index contributed by atoms with van der Waals surface area (Å²) in [5.41, 5.74) is 2.73. The Kier molecular flexibility index (Phi) is 4.79. The predicted molar refractivity (Wildman–Crippen MR) is 91.4 cm³/mol. The van der Waals surface area contributed by atoms with E-state index < -0.39 is 0 Å². The van der Waals surface area contributed by atoms with Crippen LogP contribution in [-0.2, 0) is 6.42 Å². The standard InChI is InChI=1S/C19H17FN2O3/c1-24-18-6-4-13(20)9-15(18)16-10-14(21-11-22-16)7-12-3-5-19(25-2)17(23)8-12/h3-6,8-11,23H,7H2,1-2H3. The second-order valence-corrected chi connectivity index (χ2v) is 5.42. The van der Waals surface area contributed by atoms with Gasteiger partial charge in [0.15, 0.2) is 11.5 Å². The zero-order valence-corrected chi connectivity index (χ0v) is 13.9. The molecule has 0 aliphatic heterocycles. The van der Waals surface area contributed by atoms with Crippen LogP contribution in [0.5, 0.6) is 17.2 Å². The molecule has 1 N–H and O–H groups in total. The van der Waals surface area contributed by atoms with Crippen LogP contribution >= 0.6 is 0 Å². The van der Waals surface area contributed by atoms with Crippen LogP contribution < -0.4 is 9.47 Å². The fourth-order valence-corrected chi connectivity index (χ4v) is 2.58. The first-order chi connectivity index (χ1) is 12.1. The van der Waals surface area contributed by atoms with Gasteiger partial charge in [-0.3, -0.25) is 0 Å². The molecule has 1 aromatic heterocycles. The van der Waals surface area contributed by atoms with Gasteiger partial charge in [0, 0.05) is 17.7 Å². The fourth-order valence-electron chi connectivity index (χ4n) is 2.58. The molecule has 0 radical (unpaired) electrons. The lowest BCUT2D eigenvalue weighted by atomic mass is 10.1. The summed E-state index contributed by atoms with van der Waals surface area (Å²) < 4.78 is 23.9. The van der Waals surface area contributed by atoms with Crippen molar-refractivity contribution in [3.05, 3.63) is 65.9 Å². The highest BCUT2D eigenvalue weighted by atomic mass is 19.1. The number of ether oxygens (including phenoxy) is 2. The van der Waals surface area contributed by atoms with Crippen molar-refractivity contribution in [3.8, 4) is 28.5 Å². The summed E-state index contributed by atoms with van der Waals surface area (Å²) in [6, 6.07) is 11.2. The molecule has 128 valence electrons. The molecule has 0 aliphatic rings. The maximum atomic E-state index is 13.6. The lowest BCUT2D eigenvalue weighted by Gasteiger charge is -2.10. The van der Waals surface area contributed by atoms with E-state index in [-0.39, 0.29) is 11.6 Å². The van der Waals surface area contributed by atoms with E-state index >= 15 is 0 Å². The molecule has 5 nitrogen and oxygen atoms in total. The van der Waals surface area contributed by atoms with Crippen molar-refractivity contribution in [2.45, 2.75) is 6.42 Å². The minimum atomic E-state index is -0.365. The monoisotopic (exact) mass is 340 g/mol. The minimum absolute atomic E-state index is 0.0704. The van der Waals surface area contributed by atoms with Crippen molar-refractivity contribution in [1.82, 2.24) is 9.97 Å². The number of phenols is 1. The van der Waals surface area contributed by atoms with E-state index in [2.05, 4.69) is 9.97 Å². The van der Waals surface area contributed by atoms with Gasteiger partial charge in [-0.05, 0) is 42.0 Å². The van der Waals surface area contributed by atoms with E-state index in [1.165, 1.54) is 32.7 Å². The van der Waals surface area contributed by atoms with Crippen molar-refractivity contribution >= 4 is 0 Å². The Morgan fingerprint density at radius 1 is 0.960 bits per heavy atom. The number of phenolic OH excluding ortho intramolecular Hbond substituents is 1. The third kappa shape index (κ3) is 3.68. The lowest BCUT2D eigenvalue weighted by Crippen LogP contribution is -1.97. The van der Waals surface area contributed by atoms with Gasteiger partial charge in [-0.15, -0.1) is 0 Å². The number of nitrogens with zero attached hydrogens (tertiary/aromatic N) is 2. The highest BCUT2D eigenvalue weighted by Gasteiger charge is 2.11. The average Bonchev–Trinajstić information content (AvgIpc) is 2.62. The maximum absolute atomic E-state index is 13.6. The van der Waals surface area contributed by atoms with Crippen molar-refractivity contribution in [2.75, 3.05) is 14.2 Å². The Morgan fingerprint density at radius 3 is 2.44 bits per heavy atom. The van der Waals surface area contributed by atoms with Crippen molar-refractivity contribution in [1.29, 1.82) is 0 Å². The van der Waals surface area contributed by atoms with Gasteiger partial charge in [0.25, 0.3) is 0 Å². The number of aromatic hydroxyl groups is 1. The second-order valence-electron chi connectivity index (χ2n) is 5.42. The molecule has 2 aromatic carbocycles. The molecule has 6 heteroatoms. The zero-order valence-electron chi connectivity index (χ0n) is 13.9. The van der Waals surface area contributed by atoms with E-state index in [4.69, 9.17) is 9.47 Å². The van der Waals surface area contributed by atoms with Crippen molar-refractivity contribution < 1.29 is 19.0 Å². The molecule has 1 heterocycles. The van der Waals surface area contributed by atoms with Crippen LogP contribution in [0.2, 0.25) is 0 Å². The van der Waals surface area contributed by atoms with Gasteiger partial charge >= 0.3 is 0 Å². The first-order valence-electron chi connectivity index (χ1n) is 7.61. The zero-order chi connectivity index (χ0) is 17.8. The molecule has 0 fully saturated rings. The predicted octanol–water partition coefficient (Wildman–Crippen LogP) is 3.60. The summed E-state index contributed by atoms with van der Waals surface area (Å²) in [4.78, 5) is 8.47. The van der Waals surface area contributed by atoms with Crippen LogP contribution in [-0.4, -0.2) is 29.3 Å². The maximum Gasteiger partial charge on any atom is 0.160 e. The van der Waals surface area contributed by atoms with E-state index in [1.807, 2.05) is 6.07 Å². The highest BCUT2D eigenvalue weighted by molar-refractivity contribution is 5.67. The Balaban J connectivity index is 1.92. The number of hydrogen-bond donors (Lipinski definition) is 1. The van der Waals surface area contributed by atoms with E-state index in [9.17, 15) is 9.50 Å². The summed E-state index contributed by atoms with van der Waals surface area (Å²) >= 11 is 0. The molecule has 0 spiro atoms. The normalized spacial score (nSPS) is 10.5. The van der Waals surface area contributed by atoms with E-state index in [0.29, 0.717) is 29.2 Å². The largest absolute Gasteiger partial charge is 0.504 e. The topological polar surface area (TPSA) is 64.5 Å². The number of rotatable bonds is 5. The molecular weight excluding hydrogens is 323 g/mol. The fraction of sp³-hybridized carbons (Fsp3) is 0.158. The number of methoxy groups -OCH3 is 2. The van der Waals surface area contributed by atoms with Gasteiger partial charge < -0.3 is 14.6 Å². The molecular formula is C19H17FN2O3. The SMILES string of the molecule is COc1ccc(Cc2cc(-c3cc(F)ccc3OC)ncn2)cc1O. The quantitative estimate of drug-likeness (QED) is 0.769. The van der Waals surface area contributed by atoms with Gasteiger partial charge in [-0.25, -0.2) is 14.4 Å². The van der Waals surface area contributed by atoms with Crippen LogP contribution in [0.4, 0.5) is 4.39 Å². The van der Waals surface area contributed by atoms with Crippen molar-refractivity contribution in [3.63, 3.8) is 0 Å². The number of aromatic nitrogens is 2. The summed E-state index contributed by atoms with van der Waals surface area (Å²) in [6.45, 7) is 0. The van der Waals surface area contributed by atoms with E-state index in [0.717, 1.165) is 11.3 Å². The lowest BCUT2D eigenvalue weighted by molar-refractivity contribution is 0.373. The summed E-state index contributed by atoms with van der Waals surface area (Å²) in [5.74, 6) is 0.655. The van der Waals surface area contributed by atoms with Crippen molar-refractivity contribution in [2.24, 2.45) is 0 Å². The molecule has 0 aliphatic carbocycles. The Bertz CT molecular complexity index is 900. The molecule has 0 atom stereocenters. The molecule has 0 saturated carbocycles. The molecule has 0 amide bonds. The third-order valence-electron chi connectivity index (χ3n) is 3.79. The molecule has 0 unspecified atom stereocenters. The molecule has 3 aromatic rings. The third-order valence-corrected chi connectivity index (χ3v) is 3.79. The van der Waals surface area contributed by atoms with Gasteiger partial charge in [0.05, 0.1) is 19.9 Å². The smallest absolute Gasteiger partial charge is 0.160 e. The molecule has 0 bridgehead atoms. The van der Waals surface area contributed by atoms with Crippen LogP contribution in [0.1, 0.15) is 11.3 Å². The average molecular weight is 340 g/mol. The number of halogens is 1. The summed E-state index contributed by atoms with van der Waals surface area (Å²) in [5, 5.41) is 9.88. The molecule has 0 saturated heterocycles. The number of hydrogen-bond acceptors (Lipinski definition) is 5. The Morgan fingerprint density at radius 2 is 1.72 bits per heavy atom. The highest BCUT2D eigenvalue weighted by Crippen LogP contribution is 2.30. The van der Waals surface area contributed by atoms with Crippen LogP contribution in [0.15, 0.2) is 48.8 Å². The van der Waals surface area contributed by atoms with E-state index in [1.54, 1.807) is 24.3 Å². The summed E-state index contributed by atoms with van der Waals surface area (Å²) in [6.07, 6.45) is 1.92. The summed E-state index contributed by atoms with van der Waals surface area (Å²) in [7, 11) is 3.02. The van der Waals surface area contributed by atoms with Crippen LogP contribution in [0.25, 0.3) is 11.3 Å². The van der Waals surface area contributed by atoms with Gasteiger partial charge in [0.1, 0.15) is 17.9 Å².